The summed E-state index contributed by atoms with van der Waals surface area (Å²) < 4.78 is 5.65. The van der Waals surface area contributed by atoms with Gasteiger partial charge in [0.25, 0.3) is 5.91 Å². The molecule has 1 atom stereocenters. The molecule has 2 aromatic carbocycles. The van der Waals surface area contributed by atoms with Gasteiger partial charge in [-0.15, -0.1) is 0 Å². The van der Waals surface area contributed by atoms with Crippen LogP contribution in [0.4, 0.5) is 11.4 Å². The zero-order chi connectivity index (χ0) is 22.2. The van der Waals surface area contributed by atoms with Gasteiger partial charge in [-0.05, 0) is 61.6 Å². The molecule has 0 aliphatic carbocycles. The summed E-state index contributed by atoms with van der Waals surface area (Å²) in [5, 5.41) is 8.83. The Kier molecular flexibility index (Phi) is 7.78. The smallest absolute Gasteiger partial charge is 0.258 e. The van der Waals surface area contributed by atoms with Crippen LogP contribution < -0.4 is 16.0 Å². The molecular formula is C24H30N4O3. The maximum absolute atomic E-state index is 12.9. The molecule has 0 spiro atoms. The molecule has 0 radical (unpaired) electrons. The fourth-order valence-corrected chi connectivity index (χ4v) is 3.32. The van der Waals surface area contributed by atoms with Crippen LogP contribution in [0.3, 0.4) is 0 Å². The lowest BCUT2D eigenvalue weighted by Gasteiger charge is -2.14. The molecule has 7 nitrogen and oxygen atoms in total. The molecule has 1 saturated heterocycles. The average molecular weight is 423 g/mol. The molecule has 7 heteroatoms. The molecule has 2 aromatic rings. The third kappa shape index (κ3) is 6.65. The Balaban J connectivity index is 1.77. The van der Waals surface area contributed by atoms with Crippen molar-refractivity contribution in [1.29, 1.82) is 0 Å². The largest absolute Gasteiger partial charge is 0.376 e. The minimum atomic E-state index is -0.310. The highest BCUT2D eigenvalue weighted by atomic mass is 16.5. The monoisotopic (exact) mass is 422 g/mol. The lowest BCUT2D eigenvalue weighted by Crippen LogP contribution is -2.36. The van der Waals surface area contributed by atoms with Crippen molar-refractivity contribution in [3.63, 3.8) is 0 Å². The first-order valence-electron chi connectivity index (χ1n) is 10.7. The van der Waals surface area contributed by atoms with E-state index in [0.29, 0.717) is 23.8 Å². The number of amides is 2. The van der Waals surface area contributed by atoms with Gasteiger partial charge in [0.1, 0.15) is 0 Å². The molecule has 1 unspecified atom stereocenters. The van der Waals surface area contributed by atoms with Crippen molar-refractivity contribution in [3.05, 3.63) is 59.2 Å². The molecule has 164 valence electrons. The average Bonchev–Trinajstić information content (AvgIpc) is 3.27. The number of rotatable bonds is 6. The molecule has 0 saturated carbocycles. The van der Waals surface area contributed by atoms with Crippen LogP contribution in [0.1, 0.15) is 48.2 Å². The van der Waals surface area contributed by atoms with Crippen LogP contribution in [0.2, 0.25) is 0 Å². The molecule has 1 fully saturated rings. The summed E-state index contributed by atoms with van der Waals surface area (Å²) in [7, 11) is 0. The molecule has 0 aromatic heterocycles. The highest BCUT2D eigenvalue weighted by Gasteiger charge is 2.16. The quantitative estimate of drug-likeness (QED) is 0.486. The lowest BCUT2D eigenvalue weighted by atomic mass is 10.1. The number of guanidine groups is 1. The summed E-state index contributed by atoms with van der Waals surface area (Å²) >= 11 is 0. The number of hydrogen-bond donors (Lipinski definition) is 3. The molecule has 1 aliphatic rings. The van der Waals surface area contributed by atoms with Crippen molar-refractivity contribution < 1.29 is 14.3 Å². The third-order valence-corrected chi connectivity index (χ3v) is 5.14. The number of anilines is 2. The fraction of sp³-hybridized carbons (Fsp3) is 0.375. The summed E-state index contributed by atoms with van der Waals surface area (Å²) in [6, 6.07) is 13.2. The van der Waals surface area contributed by atoms with E-state index in [9.17, 15) is 9.59 Å². The third-order valence-electron chi connectivity index (χ3n) is 5.14. The maximum atomic E-state index is 12.9. The molecule has 31 heavy (non-hydrogen) atoms. The fourth-order valence-electron chi connectivity index (χ4n) is 3.32. The van der Waals surface area contributed by atoms with Crippen molar-refractivity contribution in [2.45, 2.75) is 46.1 Å². The highest BCUT2D eigenvalue weighted by Crippen LogP contribution is 2.17. The number of carbonyl (C=O) groups is 2. The second kappa shape index (κ2) is 10.7. The predicted molar refractivity (Wildman–Crippen MR) is 124 cm³/mol. The molecule has 3 N–H and O–H groups in total. The number of aryl methyl sites for hydroxylation is 2. The Morgan fingerprint density at radius 2 is 1.90 bits per heavy atom. The van der Waals surface area contributed by atoms with Crippen LogP contribution in [0.25, 0.3) is 0 Å². The van der Waals surface area contributed by atoms with E-state index < -0.39 is 0 Å². The van der Waals surface area contributed by atoms with Gasteiger partial charge < -0.3 is 15.4 Å². The van der Waals surface area contributed by atoms with E-state index >= 15 is 0 Å². The van der Waals surface area contributed by atoms with Gasteiger partial charge in [-0.25, -0.2) is 4.99 Å². The Morgan fingerprint density at radius 3 is 2.55 bits per heavy atom. The van der Waals surface area contributed by atoms with Crippen molar-refractivity contribution >= 4 is 29.1 Å². The first-order valence-corrected chi connectivity index (χ1v) is 10.7. The molecule has 1 heterocycles. The standard InChI is InChI=1S/C24H30N4O3/c1-4-18-8-11-20(12-9-18)27-24(25-15-21-6-5-13-31-21)28-23(30)19-10-7-16(2)22(14-19)26-17(3)29/h7-12,14,21H,4-6,13,15H2,1-3H3,(H,26,29)(H2,25,27,28,30). The summed E-state index contributed by atoms with van der Waals surface area (Å²) in [5.74, 6) is -0.126. The Hall–Kier alpha value is -3.19. The van der Waals surface area contributed by atoms with Crippen LogP contribution >= 0.6 is 0 Å². The van der Waals surface area contributed by atoms with Gasteiger partial charge in [-0.1, -0.05) is 25.1 Å². The van der Waals surface area contributed by atoms with E-state index in [2.05, 4.69) is 27.9 Å². The molecule has 1 aliphatic heterocycles. The topological polar surface area (TPSA) is 91.8 Å². The zero-order valence-electron chi connectivity index (χ0n) is 18.3. The van der Waals surface area contributed by atoms with Gasteiger partial charge >= 0.3 is 0 Å². The van der Waals surface area contributed by atoms with Gasteiger partial charge in [0.05, 0.1) is 12.6 Å². The molecule has 0 bridgehead atoms. The van der Waals surface area contributed by atoms with E-state index in [0.717, 1.165) is 37.1 Å². The second-order valence-corrected chi connectivity index (χ2v) is 7.66. The number of carbonyl (C=O) groups excluding carboxylic acids is 2. The first kappa shape index (κ1) is 22.5. The van der Waals surface area contributed by atoms with Gasteiger partial charge in [-0.2, -0.15) is 0 Å². The van der Waals surface area contributed by atoms with Crippen molar-refractivity contribution in [2.24, 2.45) is 4.99 Å². The first-order chi connectivity index (χ1) is 14.9. The van der Waals surface area contributed by atoms with E-state index in [1.54, 1.807) is 18.2 Å². The van der Waals surface area contributed by atoms with Crippen LogP contribution in [-0.2, 0) is 16.0 Å². The van der Waals surface area contributed by atoms with Crippen molar-refractivity contribution in [3.8, 4) is 0 Å². The number of nitrogens with one attached hydrogen (secondary N) is 3. The molecular weight excluding hydrogens is 392 g/mol. The van der Waals surface area contributed by atoms with E-state index in [-0.39, 0.29) is 17.9 Å². The highest BCUT2D eigenvalue weighted by molar-refractivity contribution is 6.10. The molecule has 2 amide bonds. The summed E-state index contributed by atoms with van der Waals surface area (Å²) in [6.07, 6.45) is 3.03. The van der Waals surface area contributed by atoms with Crippen LogP contribution in [-0.4, -0.2) is 37.0 Å². The maximum Gasteiger partial charge on any atom is 0.258 e. The Bertz CT molecular complexity index is 948. The minimum Gasteiger partial charge on any atom is -0.376 e. The van der Waals surface area contributed by atoms with Crippen LogP contribution in [0.5, 0.6) is 0 Å². The summed E-state index contributed by atoms with van der Waals surface area (Å²) in [5.41, 5.74) is 4.00. The van der Waals surface area contributed by atoms with Crippen molar-refractivity contribution in [1.82, 2.24) is 5.32 Å². The predicted octanol–water partition coefficient (Wildman–Crippen LogP) is 3.89. The zero-order valence-corrected chi connectivity index (χ0v) is 18.3. The lowest BCUT2D eigenvalue weighted by molar-refractivity contribution is -0.114. The van der Waals surface area contributed by atoms with Crippen LogP contribution in [0.15, 0.2) is 47.5 Å². The van der Waals surface area contributed by atoms with Gasteiger partial charge in [0, 0.05) is 30.5 Å². The molecule has 3 rings (SSSR count). The van der Waals surface area contributed by atoms with Crippen LogP contribution in [0, 0.1) is 6.92 Å². The van der Waals surface area contributed by atoms with Crippen molar-refractivity contribution in [2.75, 3.05) is 23.8 Å². The van der Waals surface area contributed by atoms with E-state index in [1.165, 1.54) is 12.5 Å². The number of aliphatic imine (C=N–C) groups is 1. The minimum absolute atomic E-state index is 0.0712. The Morgan fingerprint density at radius 1 is 1.13 bits per heavy atom. The van der Waals surface area contributed by atoms with E-state index in [1.807, 2.05) is 31.2 Å². The number of benzene rings is 2. The van der Waals surface area contributed by atoms with Gasteiger partial charge in [0.2, 0.25) is 11.9 Å². The number of nitrogens with zero attached hydrogens (tertiary/aromatic N) is 1. The number of hydrogen-bond acceptors (Lipinski definition) is 4. The second-order valence-electron chi connectivity index (χ2n) is 7.66. The SMILES string of the molecule is CCc1ccc(NC(=NCC2CCCO2)NC(=O)c2ccc(C)c(NC(C)=O)c2)cc1. The van der Waals surface area contributed by atoms with Gasteiger partial charge in [0.15, 0.2) is 0 Å². The summed E-state index contributed by atoms with van der Waals surface area (Å²) in [6.45, 7) is 6.65. The normalized spacial score (nSPS) is 16.1. The Labute approximate surface area is 183 Å². The van der Waals surface area contributed by atoms with Gasteiger partial charge in [-0.3, -0.25) is 14.9 Å². The van der Waals surface area contributed by atoms with E-state index in [4.69, 9.17) is 4.74 Å². The number of ether oxygens (including phenoxy) is 1. The summed E-state index contributed by atoms with van der Waals surface area (Å²) in [4.78, 5) is 28.9.